The van der Waals surface area contributed by atoms with Crippen molar-refractivity contribution in [1.82, 2.24) is 9.47 Å². The van der Waals surface area contributed by atoms with Crippen LogP contribution < -0.4 is 0 Å². The molecule has 5 nitrogen and oxygen atoms in total. The Bertz CT molecular complexity index is 1090. The molecule has 0 radical (unpaired) electrons. The highest BCUT2D eigenvalue weighted by Crippen LogP contribution is 2.33. The van der Waals surface area contributed by atoms with Crippen LogP contribution in [0.1, 0.15) is 5.69 Å². The molecule has 1 N–H and O–H groups in total. The Hall–Kier alpha value is -2.77. The number of hydrogen-bond acceptors (Lipinski definition) is 4. The zero-order valence-corrected chi connectivity index (χ0v) is 17.3. The highest BCUT2D eigenvalue weighted by molar-refractivity contribution is 9.10. The number of halogens is 1. The first kappa shape index (κ1) is 18.6. The van der Waals surface area contributed by atoms with Crippen LogP contribution in [0.25, 0.3) is 11.8 Å². The maximum atomic E-state index is 12.7. The number of carbonyl (C=O) groups is 1. The third kappa shape index (κ3) is 3.76. The molecule has 28 heavy (non-hydrogen) atoms. The van der Waals surface area contributed by atoms with Crippen molar-refractivity contribution in [3.05, 3.63) is 81.9 Å². The topological polar surface area (TPSA) is 57.8 Å². The van der Waals surface area contributed by atoms with Crippen LogP contribution in [-0.2, 0) is 4.79 Å². The predicted octanol–water partition coefficient (Wildman–Crippen LogP) is 5.18. The molecule has 1 saturated heterocycles. The smallest absolute Gasteiger partial charge is 0.266 e. The summed E-state index contributed by atoms with van der Waals surface area (Å²) in [7, 11) is 1.73. The molecule has 2 heterocycles. The average molecular weight is 454 g/mol. The molecule has 1 fully saturated rings. The Morgan fingerprint density at radius 3 is 2.50 bits per heavy atom. The third-order valence-electron chi connectivity index (χ3n) is 4.24. The lowest BCUT2D eigenvalue weighted by atomic mass is 10.3. The number of nitrogens with zero attached hydrogens (tertiary/aromatic N) is 3. The van der Waals surface area contributed by atoms with Gasteiger partial charge in [-0.1, -0.05) is 15.9 Å². The second-order valence-corrected chi connectivity index (χ2v) is 8.09. The first-order chi connectivity index (χ1) is 13.5. The zero-order valence-electron chi connectivity index (χ0n) is 14.9. The van der Waals surface area contributed by atoms with Crippen LogP contribution in [0.5, 0.6) is 5.75 Å². The van der Waals surface area contributed by atoms with Gasteiger partial charge in [-0.3, -0.25) is 9.69 Å². The van der Waals surface area contributed by atoms with Gasteiger partial charge in [-0.15, -0.1) is 0 Å². The minimum absolute atomic E-state index is 0.0840. The van der Waals surface area contributed by atoms with Crippen LogP contribution in [0.15, 0.2) is 81.2 Å². The summed E-state index contributed by atoms with van der Waals surface area (Å²) in [4.78, 5) is 19.4. The van der Waals surface area contributed by atoms with Crippen LogP contribution >= 0.6 is 27.7 Å². The van der Waals surface area contributed by atoms with Crippen molar-refractivity contribution in [2.45, 2.75) is 0 Å². The molecular weight excluding hydrogens is 438 g/mol. The van der Waals surface area contributed by atoms with Crippen molar-refractivity contribution in [2.75, 3.05) is 7.05 Å². The minimum Gasteiger partial charge on any atom is -0.508 e. The summed E-state index contributed by atoms with van der Waals surface area (Å²) < 4.78 is 2.94. The van der Waals surface area contributed by atoms with E-state index in [1.165, 1.54) is 11.8 Å². The number of phenolic OH excluding ortho intramolecular Hbond substituents is 1. The number of hydrogen-bond donors (Lipinski definition) is 1. The number of carbonyl (C=O) groups excluding carboxylic acids is 1. The lowest BCUT2D eigenvalue weighted by Crippen LogP contribution is -2.23. The van der Waals surface area contributed by atoms with Gasteiger partial charge in [0.15, 0.2) is 5.17 Å². The van der Waals surface area contributed by atoms with Crippen molar-refractivity contribution in [3.8, 4) is 11.4 Å². The van der Waals surface area contributed by atoms with Gasteiger partial charge < -0.3 is 9.67 Å². The number of aromatic nitrogens is 1. The van der Waals surface area contributed by atoms with Crippen LogP contribution in [0, 0.1) is 0 Å². The Labute approximate surface area is 175 Å². The summed E-state index contributed by atoms with van der Waals surface area (Å²) in [6.07, 6.45) is 3.78. The molecule has 1 amide bonds. The number of aliphatic imine (C=N–C) groups is 1. The normalized spacial score (nSPS) is 17.1. The van der Waals surface area contributed by atoms with Gasteiger partial charge in [0.05, 0.1) is 10.6 Å². The average Bonchev–Trinajstić information content (AvgIpc) is 3.25. The molecule has 7 heteroatoms. The van der Waals surface area contributed by atoms with E-state index < -0.39 is 0 Å². The summed E-state index contributed by atoms with van der Waals surface area (Å²) in [5.41, 5.74) is 2.57. The number of rotatable bonds is 3. The van der Waals surface area contributed by atoms with E-state index in [9.17, 15) is 9.90 Å². The molecule has 0 spiro atoms. The number of phenols is 1. The standard InChI is InChI=1S/C21H16BrN3O2S/c1-24-20(27)19(28-21(24)23-15-6-4-14(22)5-7-15)13-17-3-2-12-25(17)16-8-10-18(26)11-9-16/h2-13,26H,1H3/b19-13-,23-21?. The molecule has 0 aliphatic carbocycles. The molecule has 3 aromatic rings. The van der Waals surface area contributed by atoms with E-state index in [0.717, 1.165) is 21.5 Å². The summed E-state index contributed by atoms with van der Waals surface area (Å²) >= 11 is 4.76. The molecule has 0 atom stereocenters. The molecule has 1 aliphatic rings. The largest absolute Gasteiger partial charge is 0.508 e. The molecular formula is C21H16BrN3O2S. The van der Waals surface area contributed by atoms with Gasteiger partial charge >= 0.3 is 0 Å². The monoisotopic (exact) mass is 453 g/mol. The summed E-state index contributed by atoms with van der Waals surface area (Å²) in [6, 6.07) is 18.4. The molecule has 1 aromatic heterocycles. The number of benzene rings is 2. The maximum absolute atomic E-state index is 12.7. The molecule has 0 unspecified atom stereocenters. The van der Waals surface area contributed by atoms with E-state index in [1.807, 2.05) is 65.4 Å². The van der Waals surface area contributed by atoms with Crippen molar-refractivity contribution in [1.29, 1.82) is 0 Å². The Morgan fingerprint density at radius 1 is 1.07 bits per heavy atom. The zero-order chi connectivity index (χ0) is 19.7. The number of thioether (sulfide) groups is 1. The molecule has 0 saturated carbocycles. The van der Waals surface area contributed by atoms with E-state index in [-0.39, 0.29) is 11.7 Å². The lowest BCUT2D eigenvalue weighted by molar-refractivity contribution is -0.121. The van der Waals surface area contributed by atoms with E-state index in [0.29, 0.717) is 10.1 Å². The van der Waals surface area contributed by atoms with E-state index >= 15 is 0 Å². The fourth-order valence-corrected chi connectivity index (χ4v) is 4.01. The van der Waals surface area contributed by atoms with Gasteiger partial charge in [-0.2, -0.15) is 0 Å². The molecule has 140 valence electrons. The van der Waals surface area contributed by atoms with Gasteiger partial charge in [0.25, 0.3) is 5.91 Å². The van der Waals surface area contributed by atoms with Gasteiger partial charge in [0.2, 0.25) is 0 Å². The molecule has 4 rings (SSSR count). The molecule has 1 aliphatic heterocycles. The van der Waals surface area contributed by atoms with Crippen molar-refractivity contribution >= 4 is 50.5 Å². The minimum atomic E-state index is -0.0840. The fourth-order valence-electron chi connectivity index (χ4n) is 2.77. The fraction of sp³-hybridized carbons (Fsp3) is 0.0476. The Morgan fingerprint density at radius 2 is 1.79 bits per heavy atom. The van der Waals surface area contributed by atoms with Gasteiger partial charge in [0, 0.05) is 29.1 Å². The first-order valence-electron chi connectivity index (χ1n) is 8.50. The summed E-state index contributed by atoms with van der Waals surface area (Å²) in [5, 5.41) is 10.1. The third-order valence-corrected chi connectivity index (χ3v) is 5.83. The lowest BCUT2D eigenvalue weighted by Gasteiger charge is -2.07. The van der Waals surface area contributed by atoms with Crippen LogP contribution in [0.2, 0.25) is 0 Å². The highest BCUT2D eigenvalue weighted by Gasteiger charge is 2.30. The second kappa shape index (κ2) is 7.69. The summed E-state index contributed by atoms with van der Waals surface area (Å²) in [6.45, 7) is 0. The highest BCUT2D eigenvalue weighted by atomic mass is 79.9. The molecule has 0 bridgehead atoms. The van der Waals surface area contributed by atoms with Crippen LogP contribution in [0.4, 0.5) is 5.69 Å². The van der Waals surface area contributed by atoms with Crippen LogP contribution in [0.3, 0.4) is 0 Å². The van der Waals surface area contributed by atoms with Crippen molar-refractivity contribution < 1.29 is 9.90 Å². The quantitative estimate of drug-likeness (QED) is 0.555. The Kier molecular flexibility index (Phi) is 5.11. The van der Waals surface area contributed by atoms with Crippen molar-refractivity contribution in [2.24, 2.45) is 4.99 Å². The summed E-state index contributed by atoms with van der Waals surface area (Å²) in [5.74, 6) is 0.132. The van der Waals surface area contributed by atoms with E-state index in [4.69, 9.17) is 0 Å². The Balaban J connectivity index is 1.64. The van der Waals surface area contributed by atoms with E-state index in [1.54, 1.807) is 24.1 Å². The second-order valence-electron chi connectivity index (χ2n) is 6.17. The van der Waals surface area contributed by atoms with Crippen LogP contribution in [-0.4, -0.2) is 32.7 Å². The van der Waals surface area contributed by atoms with E-state index in [2.05, 4.69) is 20.9 Å². The van der Waals surface area contributed by atoms with Crippen molar-refractivity contribution in [3.63, 3.8) is 0 Å². The number of likely N-dealkylation sites (N-methyl/N-ethyl adjacent to an activating group) is 1. The predicted molar refractivity (Wildman–Crippen MR) is 117 cm³/mol. The van der Waals surface area contributed by atoms with Gasteiger partial charge in [-0.25, -0.2) is 4.99 Å². The van der Waals surface area contributed by atoms with Gasteiger partial charge in [-0.05, 0) is 78.5 Å². The number of amides is 1. The van der Waals surface area contributed by atoms with Gasteiger partial charge in [0.1, 0.15) is 5.75 Å². The SMILES string of the molecule is CN1C(=O)/C(=C/c2cccn2-c2ccc(O)cc2)SC1=Nc1ccc(Br)cc1. The molecule has 2 aromatic carbocycles. The maximum Gasteiger partial charge on any atom is 0.266 e. The number of amidine groups is 1. The first-order valence-corrected chi connectivity index (χ1v) is 10.1. The number of aromatic hydroxyl groups is 1.